The molecule has 53 heavy (non-hydrogen) atoms. The number of amides is 3. The van der Waals surface area contributed by atoms with E-state index in [4.69, 9.17) is 23.9 Å². The fourth-order valence-corrected chi connectivity index (χ4v) is 6.70. The summed E-state index contributed by atoms with van der Waals surface area (Å²) in [4.78, 5) is 47.1. The number of nitrogens with zero attached hydrogens (tertiary/aromatic N) is 3. The molecule has 3 N–H and O–H groups in total. The largest absolute Gasteiger partial charge is 0.493 e. The summed E-state index contributed by atoms with van der Waals surface area (Å²) in [7, 11) is 5.09. The van der Waals surface area contributed by atoms with Crippen LogP contribution >= 0.6 is 0 Å². The number of likely N-dealkylation sites (tertiary alicyclic amines) is 1. The molecule has 1 aromatic heterocycles. The molecule has 6 bridgehead atoms. The Labute approximate surface area is 307 Å². The lowest BCUT2D eigenvalue weighted by atomic mass is 9.97. The van der Waals surface area contributed by atoms with E-state index >= 15 is 0 Å². The maximum absolute atomic E-state index is 14.1. The molecule has 2 atom stereocenters. The highest BCUT2D eigenvalue weighted by molar-refractivity contribution is 5.99. The third kappa shape index (κ3) is 7.61. The molecule has 0 saturated carbocycles. The van der Waals surface area contributed by atoms with Gasteiger partial charge in [0.15, 0.2) is 18.1 Å². The van der Waals surface area contributed by atoms with Crippen LogP contribution in [0.1, 0.15) is 31.8 Å². The number of aryl methyl sites for hydroxylation is 2. The van der Waals surface area contributed by atoms with E-state index in [1.807, 2.05) is 61.0 Å². The summed E-state index contributed by atoms with van der Waals surface area (Å²) in [6.45, 7) is 3.61. The Balaban J connectivity index is 1.20. The van der Waals surface area contributed by atoms with Gasteiger partial charge in [-0.05, 0) is 83.8 Å². The first kappa shape index (κ1) is 35.3. The summed E-state index contributed by atoms with van der Waals surface area (Å²) in [6, 6.07) is 23.2. The Morgan fingerprint density at radius 1 is 1.00 bits per heavy atom. The van der Waals surface area contributed by atoms with E-state index in [-0.39, 0.29) is 44.0 Å². The van der Waals surface area contributed by atoms with E-state index in [0.717, 1.165) is 27.8 Å². The van der Waals surface area contributed by atoms with Crippen molar-refractivity contribution in [1.82, 2.24) is 25.1 Å². The number of imidazole rings is 1. The molecule has 13 nitrogen and oxygen atoms in total. The van der Waals surface area contributed by atoms with Gasteiger partial charge in [-0.15, -0.1) is 0 Å². The average Bonchev–Trinajstić information content (AvgIpc) is 3.71. The highest BCUT2D eigenvalue weighted by atomic mass is 16.5. The first-order chi connectivity index (χ1) is 25.7. The minimum absolute atomic E-state index is 0.162. The van der Waals surface area contributed by atoms with Crippen molar-refractivity contribution in [2.45, 2.75) is 25.6 Å². The molecule has 0 unspecified atom stereocenters. The molecular weight excluding hydrogens is 676 g/mol. The zero-order chi connectivity index (χ0) is 37.1. The van der Waals surface area contributed by atoms with Crippen LogP contribution in [0.3, 0.4) is 0 Å². The maximum atomic E-state index is 14.1. The molecule has 8 rings (SSSR count). The predicted octanol–water partition coefficient (Wildman–Crippen LogP) is 4.33. The third-order valence-corrected chi connectivity index (χ3v) is 9.60. The van der Waals surface area contributed by atoms with E-state index in [1.54, 1.807) is 48.4 Å². The monoisotopic (exact) mass is 718 g/mol. The van der Waals surface area contributed by atoms with Crippen molar-refractivity contribution in [3.63, 3.8) is 0 Å². The van der Waals surface area contributed by atoms with Crippen molar-refractivity contribution >= 4 is 34.7 Å². The Hall–Kier alpha value is -6.08. The minimum Gasteiger partial charge on any atom is -0.493 e. The maximum Gasteiger partial charge on any atom is 0.258 e. The molecule has 1 fully saturated rings. The Kier molecular flexibility index (Phi) is 10.2. The summed E-state index contributed by atoms with van der Waals surface area (Å²) in [6.07, 6.45) is -0.609. The zero-order valence-electron chi connectivity index (χ0n) is 30.1. The fraction of sp³-hybridized carbons (Fsp3) is 0.300. The number of fused-ring (bicyclic) bond motifs is 8. The van der Waals surface area contributed by atoms with Gasteiger partial charge < -0.3 is 44.4 Å². The van der Waals surface area contributed by atoms with Gasteiger partial charge in [0.05, 0.1) is 37.3 Å². The molecule has 3 aliphatic heterocycles. The normalized spacial score (nSPS) is 17.3. The molecule has 4 heterocycles. The number of benzene rings is 4. The SMILES string of the molecule is COCCNc1nc2cc(C(=O)N3C[C@@H]4NC(=O)c5ccc(C)c(c5)-c5cccc(c5)OCC(=O)NCc5ccc(c(OC)c5)O[C@H]4C3)ccc2n1C. The lowest BCUT2D eigenvalue weighted by Gasteiger charge is -2.23. The van der Waals surface area contributed by atoms with Crippen molar-refractivity contribution in [3.8, 4) is 28.4 Å². The van der Waals surface area contributed by atoms with Crippen molar-refractivity contribution in [2.75, 3.05) is 52.4 Å². The van der Waals surface area contributed by atoms with Crippen LogP contribution in [0, 0.1) is 6.92 Å². The molecule has 5 aromatic rings. The second-order valence-corrected chi connectivity index (χ2v) is 13.2. The molecule has 274 valence electrons. The van der Waals surface area contributed by atoms with Gasteiger partial charge in [0.25, 0.3) is 17.7 Å². The molecule has 0 radical (unpaired) electrons. The number of ether oxygens (including phenoxy) is 4. The van der Waals surface area contributed by atoms with Gasteiger partial charge in [-0.3, -0.25) is 14.4 Å². The van der Waals surface area contributed by atoms with E-state index < -0.39 is 12.1 Å². The molecule has 1 saturated heterocycles. The van der Waals surface area contributed by atoms with Crippen molar-refractivity contribution in [3.05, 3.63) is 101 Å². The van der Waals surface area contributed by atoms with Gasteiger partial charge >= 0.3 is 0 Å². The number of carbonyl (C=O) groups excluding carboxylic acids is 3. The summed E-state index contributed by atoms with van der Waals surface area (Å²) in [5, 5.41) is 9.32. The minimum atomic E-state index is -0.609. The molecule has 4 aromatic carbocycles. The van der Waals surface area contributed by atoms with Crippen LogP contribution < -0.4 is 30.2 Å². The highest BCUT2D eigenvalue weighted by Gasteiger charge is 2.39. The van der Waals surface area contributed by atoms with E-state index in [0.29, 0.717) is 53.0 Å². The average molecular weight is 719 g/mol. The van der Waals surface area contributed by atoms with E-state index in [1.165, 1.54) is 7.11 Å². The smallest absolute Gasteiger partial charge is 0.258 e. The number of carbonyl (C=O) groups is 3. The second kappa shape index (κ2) is 15.3. The van der Waals surface area contributed by atoms with Gasteiger partial charge in [-0.25, -0.2) is 4.98 Å². The molecule has 3 aliphatic rings. The van der Waals surface area contributed by atoms with Gasteiger partial charge in [-0.1, -0.05) is 24.3 Å². The van der Waals surface area contributed by atoms with Gasteiger partial charge in [0.1, 0.15) is 11.9 Å². The zero-order valence-corrected chi connectivity index (χ0v) is 30.1. The first-order valence-corrected chi connectivity index (χ1v) is 17.4. The number of methoxy groups -OCH3 is 2. The Morgan fingerprint density at radius 2 is 1.87 bits per heavy atom. The van der Waals surface area contributed by atoms with Crippen LogP contribution in [0.15, 0.2) is 78.9 Å². The lowest BCUT2D eigenvalue weighted by Crippen LogP contribution is -2.45. The van der Waals surface area contributed by atoms with Gasteiger partial charge in [-0.2, -0.15) is 0 Å². The number of rotatable bonds is 6. The number of hydrogen-bond donors (Lipinski definition) is 3. The van der Waals surface area contributed by atoms with Crippen molar-refractivity contribution < 1.29 is 33.3 Å². The third-order valence-electron chi connectivity index (χ3n) is 9.60. The number of aromatic nitrogens is 2. The number of anilines is 1. The lowest BCUT2D eigenvalue weighted by molar-refractivity contribution is -0.123. The molecule has 13 heteroatoms. The first-order valence-electron chi connectivity index (χ1n) is 17.4. The topological polar surface area (TPSA) is 145 Å². The van der Waals surface area contributed by atoms with Crippen LogP contribution in [0.4, 0.5) is 5.95 Å². The van der Waals surface area contributed by atoms with Crippen LogP contribution in [0.25, 0.3) is 22.2 Å². The standard InChI is InChI=1S/C40H42N6O7/c1-24-8-10-27-18-30(24)26-6-5-7-29(17-26)52-23-37(47)42-20-25-9-13-34(35(16-25)51-4)53-36-22-46(21-32(36)43-38(27)48)39(49)28-11-12-33-31(19-28)44-40(45(33)2)41-14-15-50-3/h5-13,16-19,32,36H,14-15,20-23H2,1-4H3,(H,41,44)(H,42,47)(H,43,48)/t32-,36-/m0/s1. The Bertz CT molecular complexity index is 2180. The molecular formula is C40H42N6O7. The van der Waals surface area contributed by atoms with Crippen molar-refractivity contribution in [2.24, 2.45) is 7.05 Å². The molecule has 0 spiro atoms. The van der Waals surface area contributed by atoms with Gasteiger partial charge in [0.2, 0.25) is 5.95 Å². The number of nitrogens with one attached hydrogen (secondary N) is 3. The van der Waals surface area contributed by atoms with Gasteiger partial charge in [0, 0.05) is 44.9 Å². The fourth-order valence-electron chi connectivity index (χ4n) is 6.70. The van der Waals surface area contributed by atoms with Crippen LogP contribution in [0.5, 0.6) is 17.2 Å². The summed E-state index contributed by atoms with van der Waals surface area (Å²) in [5.74, 6) is 1.31. The van der Waals surface area contributed by atoms with Crippen molar-refractivity contribution in [1.29, 1.82) is 0 Å². The number of hydrogen-bond acceptors (Lipinski definition) is 9. The second-order valence-electron chi connectivity index (χ2n) is 13.2. The quantitative estimate of drug-likeness (QED) is 0.219. The van der Waals surface area contributed by atoms with E-state index in [2.05, 4.69) is 16.0 Å². The van der Waals surface area contributed by atoms with Crippen LogP contribution in [-0.4, -0.2) is 91.4 Å². The van der Waals surface area contributed by atoms with Crippen LogP contribution in [0.2, 0.25) is 0 Å². The van der Waals surface area contributed by atoms with E-state index in [9.17, 15) is 14.4 Å². The summed E-state index contributed by atoms with van der Waals surface area (Å²) >= 11 is 0. The predicted molar refractivity (Wildman–Crippen MR) is 200 cm³/mol. The van der Waals surface area contributed by atoms with Crippen LogP contribution in [-0.2, 0) is 23.1 Å². The Morgan fingerprint density at radius 3 is 2.70 bits per heavy atom. The summed E-state index contributed by atoms with van der Waals surface area (Å²) in [5.41, 5.74) is 5.94. The summed E-state index contributed by atoms with van der Waals surface area (Å²) < 4.78 is 25.1. The molecule has 3 amide bonds. The highest BCUT2D eigenvalue weighted by Crippen LogP contribution is 2.32. The molecule has 0 aliphatic carbocycles.